The third-order valence-corrected chi connectivity index (χ3v) is 8.48. The van der Waals surface area contributed by atoms with Gasteiger partial charge in [0.1, 0.15) is 11.9 Å². The molecule has 0 bridgehead atoms. The number of ether oxygens (including phenoxy) is 1. The molecular weight excluding hydrogens is 492 g/mol. The van der Waals surface area contributed by atoms with Crippen LogP contribution in [0.25, 0.3) is 22.2 Å². The van der Waals surface area contributed by atoms with Crippen molar-refractivity contribution in [3.63, 3.8) is 0 Å². The van der Waals surface area contributed by atoms with Gasteiger partial charge < -0.3 is 35.7 Å². The lowest BCUT2D eigenvalue weighted by molar-refractivity contribution is -0.0298. The van der Waals surface area contributed by atoms with Crippen LogP contribution in [0.4, 0.5) is 5.95 Å². The Kier molecular flexibility index (Phi) is 7.03. The van der Waals surface area contributed by atoms with Crippen molar-refractivity contribution in [1.82, 2.24) is 9.55 Å². The normalized spacial score (nSPS) is 25.5. The van der Waals surface area contributed by atoms with E-state index in [4.69, 9.17) is 15.5 Å². The molecule has 2 aliphatic carbocycles. The first-order chi connectivity index (χ1) is 19.1. The molecule has 204 valence electrons. The molecule has 5 atom stereocenters. The summed E-state index contributed by atoms with van der Waals surface area (Å²) < 4.78 is 8.23. The Morgan fingerprint density at radius 3 is 2.59 bits per heavy atom. The molecule has 3 aromatic carbocycles. The lowest BCUT2D eigenvalue weighted by Gasteiger charge is -2.25. The van der Waals surface area contributed by atoms with Crippen LogP contribution in [0, 0.1) is 11.3 Å². The zero-order valence-electron chi connectivity index (χ0n) is 21.9. The van der Waals surface area contributed by atoms with E-state index in [-0.39, 0.29) is 18.6 Å². The number of benzene rings is 3. The minimum Gasteiger partial charge on any atom is -0.493 e. The van der Waals surface area contributed by atoms with Crippen molar-refractivity contribution in [3.8, 4) is 16.9 Å². The first-order valence-corrected chi connectivity index (χ1v) is 13.8. The number of nitrogens with two attached hydrogens (primary N) is 1. The van der Waals surface area contributed by atoms with E-state index in [1.54, 1.807) is 0 Å². The van der Waals surface area contributed by atoms with Gasteiger partial charge in [-0.05, 0) is 61.1 Å². The van der Waals surface area contributed by atoms with E-state index in [2.05, 4.69) is 35.6 Å². The van der Waals surface area contributed by atoms with E-state index in [0.29, 0.717) is 32.1 Å². The van der Waals surface area contributed by atoms with Gasteiger partial charge in [-0.2, -0.15) is 0 Å². The highest BCUT2D eigenvalue weighted by molar-refractivity contribution is 5.79. The number of nitrogens with zero attached hydrogens (tertiary/aromatic N) is 2. The van der Waals surface area contributed by atoms with Gasteiger partial charge in [0.2, 0.25) is 5.95 Å². The third-order valence-electron chi connectivity index (χ3n) is 8.48. The van der Waals surface area contributed by atoms with Crippen molar-refractivity contribution in [3.05, 3.63) is 78.4 Å². The van der Waals surface area contributed by atoms with Gasteiger partial charge in [-0.3, -0.25) is 0 Å². The summed E-state index contributed by atoms with van der Waals surface area (Å²) in [4.78, 5) is 4.84. The summed E-state index contributed by atoms with van der Waals surface area (Å²) in [6.45, 7) is 1.61. The number of nitrogens with one attached hydrogen (secondary N) is 1. The number of aliphatic hydroxyl groups is 3. The van der Waals surface area contributed by atoms with Gasteiger partial charge in [-0.1, -0.05) is 54.6 Å². The number of imidazole rings is 1. The summed E-state index contributed by atoms with van der Waals surface area (Å²) in [5.41, 5.74) is 9.90. The zero-order valence-corrected chi connectivity index (χ0v) is 21.9. The number of hydrogen-bond donors (Lipinski definition) is 5. The van der Waals surface area contributed by atoms with Gasteiger partial charge in [0.15, 0.2) is 0 Å². The predicted molar refractivity (Wildman–Crippen MR) is 151 cm³/mol. The molecule has 8 nitrogen and oxygen atoms in total. The molecule has 1 aromatic heterocycles. The molecular formula is C31H36N4O4. The molecule has 1 heterocycles. The average Bonchev–Trinajstić information content (AvgIpc) is 3.54. The van der Waals surface area contributed by atoms with Gasteiger partial charge in [0, 0.05) is 17.5 Å². The first-order valence-electron chi connectivity index (χ1n) is 13.8. The summed E-state index contributed by atoms with van der Waals surface area (Å²) in [6.07, 6.45) is 0.551. The summed E-state index contributed by atoms with van der Waals surface area (Å²) in [6, 6.07) is 23.9. The van der Waals surface area contributed by atoms with Crippen molar-refractivity contribution >= 4 is 17.0 Å². The van der Waals surface area contributed by atoms with E-state index in [1.807, 2.05) is 47.0 Å². The highest BCUT2D eigenvalue weighted by Gasteiger charge is 2.71. The van der Waals surface area contributed by atoms with E-state index in [1.165, 1.54) is 0 Å². The van der Waals surface area contributed by atoms with Crippen LogP contribution in [0.1, 0.15) is 30.9 Å². The largest absolute Gasteiger partial charge is 0.493 e. The Morgan fingerprint density at radius 1 is 1.03 bits per heavy atom. The van der Waals surface area contributed by atoms with Gasteiger partial charge in [-0.15, -0.1) is 0 Å². The van der Waals surface area contributed by atoms with Crippen LogP contribution in [-0.2, 0) is 6.54 Å². The number of anilines is 1. The van der Waals surface area contributed by atoms with Crippen molar-refractivity contribution in [2.45, 2.75) is 44.1 Å². The van der Waals surface area contributed by atoms with E-state index >= 15 is 0 Å². The molecule has 4 aromatic rings. The van der Waals surface area contributed by atoms with Gasteiger partial charge in [0.25, 0.3) is 0 Å². The standard InChI is InChI=1S/C31H36N4O4/c32-14-6-7-15-39-26-16-20(12-13-22(26)21-8-2-1-3-9-21)18-33-30-34-24-10-4-5-11-25(24)35(30)27-23-17-31(23,19-36)29(38)28(27)37/h1-5,8-13,16,23,27-29,36-38H,6-7,14-15,17-19,32H2,(H,33,34)/t23-,27-,28+,29+,31+/m1/s1. The Labute approximate surface area is 228 Å². The Morgan fingerprint density at radius 2 is 1.82 bits per heavy atom. The maximum absolute atomic E-state index is 11.0. The molecule has 2 saturated carbocycles. The number of fused-ring (bicyclic) bond motifs is 2. The number of rotatable bonds is 11. The minimum absolute atomic E-state index is 0.00987. The summed E-state index contributed by atoms with van der Waals surface area (Å²) >= 11 is 0. The topological polar surface area (TPSA) is 126 Å². The number of aliphatic hydroxyl groups excluding tert-OH is 3. The van der Waals surface area contributed by atoms with Crippen LogP contribution in [-0.4, -0.2) is 56.8 Å². The monoisotopic (exact) mass is 528 g/mol. The molecule has 6 rings (SSSR count). The highest BCUT2D eigenvalue weighted by atomic mass is 16.5. The number of aromatic nitrogens is 2. The molecule has 0 spiro atoms. The Hall–Kier alpha value is -3.43. The molecule has 0 radical (unpaired) electrons. The van der Waals surface area contributed by atoms with Crippen LogP contribution >= 0.6 is 0 Å². The lowest BCUT2D eigenvalue weighted by Crippen LogP contribution is -2.35. The van der Waals surface area contributed by atoms with Crippen LogP contribution < -0.4 is 15.8 Å². The zero-order chi connectivity index (χ0) is 27.0. The number of unbranched alkanes of at least 4 members (excludes halogenated alkanes) is 1. The van der Waals surface area contributed by atoms with E-state index in [9.17, 15) is 15.3 Å². The van der Waals surface area contributed by atoms with Gasteiger partial charge >= 0.3 is 0 Å². The van der Waals surface area contributed by atoms with E-state index < -0.39 is 17.6 Å². The predicted octanol–water partition coefficient (Wildman–Crippen LogP) is 3.71. The molecule has 39 heavy (non-hydrogen) atoms. The number of hydrogen-bond acceptors (Lipinski definition) is 7. The molecule has 2 fully saturated rings. The summed E-state index contributed by atoms with van der Waals surface area (Å²) in [7, 11) is 0. The summed E-state index contributed by atoms with van der Waals surface area (Å²) in [5.74, 6) is 1.45. The average molecular weight is 529 g/mol. The maximum atomic E-state index is 11.0. The molecule has 8 heteroatoms. The van der Waals surface area contributed by atoms with Gasteiger partial charge in [-0.25, -0.2) is 4.98 Å². The highest BCUT2D eigenvalue weighted by Crippen LogP contribution is 2.67. The molecule has 2 aliphatic rings. The maximum Gasteiger partial charge on any atom is 0.204 e. The minimum atomic E-state index is -0.979. The van der Waals surface area contributed by atoms with Crippen molar-refractivity contribution < 1.29 is 20.1 Å². The van der Waals surface area contributed by atoms with Gasteiger partial charge in [0.05, 0.1) is 36.4 Å². The number of para-hydroxylation sites is 2. The van der Waals surface area contributed by atoms with E-state index in [0.717, 1.165) is 46.3 Å². The quantitative estimate of drug-likeness (QED) is 0.188. The first kappa shape index (κ1) is 25.8. The van der Waals surface area contributed by atoms with Crippen LogP contribution in [0.2, 0.25) is 0 Å². The fraction of sp³-hybridized carbons (Fsp3) is 0.387. The van der Waals surface area contributed by atoms with Crippen LogP contribution in [0.5, 0.6) is 5.75 Å². The SMILES string of the molecule is NCCCCOc1cc(CNc2nc3ccccc3n2[C@H]2[C@H](O)[C@H](O)[C@]3(CO)C[C@H]23)ccc1-c1ccccc1. The van der Waals surface area contributed by atoms with Crippen LogP contribution in [0.3, 0.4) is 0 Å². The fourth-order valence-electron chi connectivity index (χ4n) is 6.26. The van der Waals surface area contributed by atoms with Crippen molar-refractivity contribution in [2.75, 3.05) is 25.1 Å². The smallest absolute Gasteiger partial charge is 0.204 e. The Balaban J connectivity index is 1.29. The lowest BCUT2D eigenvalue weighted by atomic mass is 10.0. The second-order valence-electron chi connectivity index (χ2n) is 10.8. The molecule has 0 aliphatic heterocycles. The Bertz CT molecular complexity index is 1440. The van der Waals surface area contributed by atoms with Crippen LogP contribution in [0.15, 0.2) is 72.8 Å². The second kappa shape index (κ2) is 10.6. The van der Waals surface area contributed by atoms with Crippen molar-refractivity contribution in [1.29, 1.82) is 0 Å². The molecule has 0 saturated heterocycles. The molecule has 0 amide bonds. The molecule has 0 unspecified atom stereocenters. The summed E-state index contributed by atoms with van der Waals surface area (Å²) in [5, 5.41) is 35.3. The molecule has 6 N–H and O–H groups in total. The second-order valence-corrected chi connectivity index (χ2v) is 10.8. The fourth-order valence-corrected chi connectivity index (χ4v) is 6.26. The van der Waals surface area contributed by atoms with Crippen molar-refractivity contribution in [2.24, 2.45) is 17.1 Å². The third kappa shape index (κ3) is 4.57.